The molecule has 0 amide bonds. The zero-order chi connectivity index (χ0) is 11.3. The van der Waals surface area contributed by atoms with E-state index in [0.29, 0.717) is 12.5 Å². The minimum absolute atomic E-state index is 0.0188. The van der Waals surface area contributed by atoms with Crippen molar-refractivity contribution in [3.05, 3.63) is 29.3 Å². The maximum Gasteiger partial charge on any atom is 0.123 e. The van der Waals surface area contributed by atoms with Crippen molar-refractivity contribution in [2.24, 2.45) is 0 Å². The largest absolute Gasteiger partial charge is 0.496 e. The smallest absolute Gasteiger partial charge is 0.123 e. The summed E-state index contributed by atoms with van der Waals surface area (Å²) in [4.78, 5) is 0. The standard InChI is InChI=1S/C12H19NO2/c1-9(2)10-4-5-11(7-13-8-14)12(6-10)15-3/h4-6,9,13-14H,7-8H2,1-3H3. The van der Waals surface area contributed by atoms with E-state index in [-0.39, 0.29) is 6.73 Å². The first kappa shape index (κ1) is 12.0. The normalized spacial score (nSPS) is 10.7. The van der Waals surface area contributed by atoms with Crippen LogP contribution in [-0.4, -0.2) is 18.9 Å². The van der Waals surface area contributed by atoms with Gasteiger partial charge in [-0.3, -0.25) is 5.32 Å². The van der Waals surface area contributed by atoms with E-state index < -0.39 is 0 Å². The highest BCUT2D eigenvalue weighted by atomic mass is 16.5. The summed E-state index contributed by atoms with van der Waals surface area (Å²) >= 11 is 0. The highest BCUT2D eigenvalue weighted by Gasteiger charge is 2.06. The van der Waals surface area contributed by atoms with E-state index in [0.717, 1.165) is 11.3 Å². The van der Waals surface area contributed by atoms with Gasteiger partial charge in [0.1, 0.15) is 5.75 Å². The van der Waals surface area contributed by atoms with Crippen LogP contribution in [0.25, 0.3) is 0 Å². The maximum atomic E-state index is 8.68. The van der Waals surface area contributed by atoms with Crippen molar-refractivity contribution in [2.75, 3.05) is 13.8 Å². The fraction of sp³-hybridized carbons (Fsp3) is 0.500. The Hall–Kier alpha value is -1.06. The van der Waals surface area contributed by atoms with Gasteiger partial charge in [-0.1, -0.05) is 26.0 Å². The molecule has 0 unspecified atom stereocenters. The van der Waals surface area contributed by atoms with Gasteiger partial charge in [0.25, 0.3) is 0 Å². The molecule has 0 heterocycles. The highest BCUT2D eigenvalue weighted by molar-refractivity contribution is 5.38. The minimum Gasteiger partial charge on any atom is -0.496 e. The predicted octanol–water partition coefficient (Wildman–Crippen LogP) is 1.86. The summed E-state index contributed by atoms with van der Waals surface area (Å²) < 4.78 is 5.31. The lowest BCUT2D eigenvalue weighted by Gasteiger charge is -2.12. The third-order valence-corrected chi connectivity index (χ3v) is 2.41. The van der Waals surface area contributed by atoms with E-state index in [9.17, 15) is 0 Å². The van der Waals surface area contributed by atoms with Crippen molar-refractivity contribution in [1.82, 2.24) is 5.32 Å². The van der Waals surface area contributed by atoms with Gasteiger partial charge >= 0.3 is 0 Å². The van der Waals surface area contributed by atoms with Gasteiger partial charge in [0.15, 0.2) is 0 Å². The Bertz CT molecular complexity index is 310. The zero-order valence-corrected chi connectivity index (χ0v) is 9.58. The molecule has 0 saturated carbocycles. The highest BCUT2D eigenvalue weighted by Crippen LogP contribution is 2.24. The summed E-state index contributed by atoms with van der Waals surface area (Å²) in [6.45, 7) is 4.91. The van der Waals surface area contributed by atoms with Crippen molar-refractivity contribution in [3.63, 3.8) is 0 Å². The molecule has 1 aromatic carbocycles. The number of nitrogens with one attached hydrogen (secondary N) is 1. The van der Waals surface area contributed by atoms with E-state index in [2.05, 4.69) is 31.3 Å². The van der Waals surface area contributed by atoms with Gasteiger partial charge in [-0.05, 0) is 17.5 Å². The molecule has 0 bridgehead atoms. The fourth-order valence-electron chi connectivity index (χ4n) is 1.46. The molecule has 0 spiro atoms. The Morgan fingerprint density at radius 3 is 2.67 bits per heavy atom. The van der Waals surface area contributed by atoms with E-state index in [4.69, 9.17) is 9.84 Å². The van der Waals surface area contributed by atoms with Gasteiger partial charge in [0, 0.05) is 12.1 Å². The second kappa shape index (κ2) is 5.73. The van der Waals surface area contributed by atoms with Crippen LogP contribution in [0.5, 0.6) is 5.75 Å². The molecule has 1 aromatic rings. The monoisotopic (exact) mass is 209 g/mol. The van der Waals surface area contributed by atoms with E-state index in [1.165, 1.54) is 5.56 Å². The lowest BCUT2D eigenvalue weighted by atomic mass is 10.0. The summed E-state index contributed by atoms with van der Waals surface area (Å²) in [5.74, 6) is 1.38. The second-order valence-electron chi connectivity index (χ2n) is 3.81. The van der Waals surface area contributed by atoms with E-state index in [1.54, 1.807) is 7.11 Å². The van der Waals surface area contributed by atoms with Gasteiger partial charge in [-0.2, -0.15) is 0 Å². The molecular formula is C12H19NO2. The Labute approximate surface area is 91.1 Å². The van der Waals surface area contributed by atoms with Crippen LogP contribution in [0.3, 0.4) is 0 Å². The first-order valence-electron chi connectivity index (χ1n) is 5.17. The first-order chi connectivity index (χ1) is 7.19. The van der Waals surface area contributed by atoms with E-state index >= 15 is 0 Å². The molecule has 2 N–H and O–H groups in total. The quantitative estimate of drug-likeness (QED) is 0.727. The molecule has 3 nitrogen and oxygen atoms in total. The molecule has 1 rings (SSSR count). The predicted molar refractivity (Wildman–Crippen MR) is 61.0 cm³/mol. The number of aliphatic hydroxyl groups is 1. The number of rotatable bonds is 5. The van der Waals surface area contributed by atoms with Crippen molar-refractivity contribution in [1.29, 1.82) is 0 Å². The Morgan fingerprint density at radius 1 is 1.40 bits per heavy atom. The third kappa shape index (κ3) is 3.22. The van der Waals surface area contributed by atoms with Crippen molar-refractivity contribution in [2.45, 2.75) is 26.3 Å². The molecule has 0 atom stereocenters. The maximum absolute atomic E-state index is 8.68. The van der Waals surface area contributed by atoms with E-state index in [1.807, 2.05) is 6.07 Å². The molecule has 0 fully saturated rings. The van der Waals surface area contributed by atoms with Gasteiger partial charge in [0.05, 0.1) is 13.8 Å². The minimum atomic E-state index is -0.0188. The molecular weight excluding hydrogens is 190 g/mol. The van der Waals surface area contributed by atoms with Crippen LogP contribution < -0.4 is 10.1 Å². The number of aliphatic hydroxyl groups excluding tert-OH is 1. The Morgan fingerprint density at radius 2 is 2.13 bits per heavy atom. The average molecular weight is 209 g/mol. The average Bonchev–Trinajstić information content (AvgIpc) is 2.25. The van der Waals surface area contributed by atoms with Gasteiger partial charge in [-0.15, -0.1) is 0 Å². The Balaban J connectivity index is 2.88. The topological polar surface area (TPSA) is 41.5 Å². The third-order valence-electron chi connectivity index (χ3n) is 2.41. The molecule has 0 saturated heterocycles. The number of benzene rings is 1. The van der Waals surface area contributed by atoms with Crippen LogP contribution in [-0.2, 0) is 6.54 Å². The lowest BCUT2D eigenvalue weighted by Crippen LogP contribution is -2.14. The van der Waals surface area contributed by atoms with Crippen LogP contribution in [0.4, 0.5) is 0 Å². The molecule has 3 heteroatoms. The van der Waals surface area contributed by atoms with Crippen molar-refractivity contribution >= 4 is 0 Å². The second-order valence-corrected chi connectivity index (χ2v) is 3.81. The summed E-state index contributed by atoms with van der Waals surface area (Å²) in [5, 5.41) is 11.5. The zero-order valence-electron chi connectivity index (χ0n) is 9.58. The SMILES string of the molecule is COc1cc(C(C)C)ccc1CNCO. The number of hydrogen-bond acceptors (Lipinski definition) is 3. The molecule has 0 aliphatic rings. The summed E-state index contributed by atoms with van der Waals surface area (Å²) in [6.07, 6.45) is 0. The molecule has 84 valence electrons. The lowest BCUT2D eigenvalue weighted by molar-refractivity contribution is 0.258. The summed E-state index contributed by atoms with van der Waals surface area (Å²) in [5.41, 5.74) is 2.33. The van der Waals surface area contributed by atoms with Crippen LogP contribution in [0.15, 0.2) is 18.2 Å². The number of hydrogen-bond donors (Lipinski definition) is 2. The summed E-state index contributed by atoms with van der Waals surface area (Å²) in [7, 11) is 1.67. The first-order valence-corrected chi connectivity index (χ1v) is 5.17. The van der Waals surface area contributed by atoms with Crippen LogP contribution in [0.2, 0.25) is 0 Å². The Kier molecular flexibility index (Phi) is 4.59. The van der Waals surface area contributed by atoms with Crippen LogP contribution in [0.1, 0.15) is 30.9 Å². The van der Waals surface area contributed by atoms with Gasteiger partial charge in [-0.25, -0.2) is 0 Å². The van der Waals surface area contributed by atoms with Gasteiger partial charge < -0.3 is 9.84 Å². The molecule has 0 aromatic heterocycles. The molecule has 0 aliphatic carbocycles. The summed E-state index contributed by atoms with van der Waals surface area (Å²) in [6, 6.07) is 6.19. The van der Waals surface area contributed by atoms with Crippen LogP contribution >= 0.6 is 0 Å². The fourth-order valence-corrected chi connectivity index (χ4v) is 1.46. The van der Waals surface area contributed by atoms with Crippen molar-refractivity contribution in [3.8, 4) is 5.75 Å². The van der Waals surface area contributed by atoms with Crippen molar-refractivity contribution < 1.29 is 9.84 Å². The molecule has 0 radical (unpaired) electrons. The number of ether oxygens (including phenoxy) is 1. The molecule has 0 aliphatic heterocycles. The molecule has 15 heavy (non-hydrogen) atoms. The number of methoxy groups -OCH3 is 1. The van der Waals surface area contributed by atoms with Gasteiger partial charge in [0.2, 0.25) is 0 Å². The van der Waals surface area contributed by atoms with Crippen LogP contribution in [0, 0.1) is 0 Å².